The molecule has 0 radical (unpaired) electrons. The lowest BCUT2D eigenvalue weighted by atomic mass is 9.91. The summed E-state index contributed by atoms with van der Waals surface area (Å²) in [4.78, 5) is 27.5. The Labute approximate surface area is 149 Å². The predicted octanol–water partition coefficient (Wildman–Crippen LogP) is 4.78. The highest BCUT2D eigenvalue weighted by Crippen LogP contribution is 2.34. The zero-order valence-corrected chi connectivity index (χ0v) is 14.4. The first kappa shape index (κ1) is 15.5. The molecule has 0 atom stereocenters. The van der Waals surface area contributed by atoms with Crippen LogP contribution in [0.1, 0.15) is 27.0 Å². The molecule has 1 aliphatic heterocycles. The normalized spacial score (nSPS) is 15.6. The van der Waals surface area contributed by atoms with Crippen LogP contribution < -0.4 is 4.90 Å². The van der Waals surface area contributed by atoms with Crippen molar-refractivity contribution >= 4 is 40.5 Å². The van der Waals surface area contributed by atoms with E-state index < -0.39 is 0 Å². The highest BCUT2D eigenvalue weighted by Gasteiger charge is 2.36. The second-order valence-electron chi connectivity index (χ2n) is 5.89. The number of rotatable bonds is 2. The Bertz CT molecular complexity index is 1000. The van der Waals surface area contributed by atoms with E-state index in [9.17, 15) is 9.59 Å². The molecule has 4 rings (SSSR count). The number of para-hydroxylation sites is 1. The van der Waals surface area contributed by atoms with Gasteiger partial charge in [0.2, 0.25) is 0 Å². The van der Waals surface area contributed by atoms with E-state index in [-0.39, 0.29) is 11.8 Å². The Balaban J connectivity index is 1.94. The van der Waals surface area contributed by atoms with E-state index in [1.807, 2.05) is 66.2 Å². The van der Waals surface area contributed by atoms with Crippen molar-refractivity contribution in [3.63, 3.8) is 0 Å². The smallest absolute Gasteiger partial charge is 0.265 e. The minimum absolute atomic E-state index is 0.280. The first-order chi connectivity index (χ1) is 12.2. The Hall–Kier alpha value is -2.98. The van der Waals surface area contributed by atoms with Gasteiger partial charge in [-0.1, -0.05) is 36.4 Å². The molecule has 0 unspecified atom stereocenters. The molecule has 122 valence electrons. The first-order valence-corrected chi connectivity index (χ1v) is 8.89. The largest absolute Gasteiger partial charge is 0.268 e. The van der Waals surface area contributed by atoms with Gasteiger partial charge in [0.15, 0.2) is 0 Å². The van der Waals surface area contributed by atoms with Crippen molar-refractivity contribution in [1.82, 2.24) is 0 Å². The molecule has 4 heteroatoms. The van der Waals surface area contributed by atoms with Crippen molar-refractivity contribution in [2.75, 3.05) is 4.90 Å². The number of nitrogens with zero attached hydrogens (tertiary/aromatic N) is 1. The van der Waals surface area contributed by atoms with Crippen LogP contribution in [0.25, 0.3) is 11.6 Å². The summed E-state index contributed by atoms with van der Waals surface area (Å²) in [6, 6.07) is 16.7. The van der Waals surface area contributed by atoms with E-state index in [0.717, 1.165) is 11.1 Å². The minimum Gasteiger partial charge on any atom is -0.268 e. The second kappa shape index (κ2) is 6.15. The summed E-state index contributed by atoms with van der Waals surface area (Å²) in [6.45, 7) is 1.90. The summed E-state index contributed by atoms with van der Waals surface area (Å²) >= 11 is 1.57. The highest BCUT2D eigenvalue weighted by atomic mass is 32.1. The van der Waals surface area contributed by atoms with Crippen LogP contribution >= 0.6 is 11.3 Å². The van der Waals surface area contributed by atoms with Gasteiger partial charge < -0.3 is 0 Å². The topological polar surface area (TPSA) is 37.4 Å². The number of thiophene rings is 1. The van der Waals surface area contributed by atoms with Gasteiger partial charge in [0, 0.05) is 11.1 Å². The molecule has 0 bridgehead atoms. The van der Waals surface area contributed by atoms with Gasteiger partial charge in [-0.05, 0) is 58.6 Å². The first-order valence-electron chi connectivity index (χ1n) is 7.94. The number of imide groups is 1. The van der Waals surface area contributed by atoms with Gasteiger partial charge in [-0.2, -0.15) is 11.3 Å². The van der Waals surface area contributed by atoms with E-state index in [0.29, 0.717) is 22.4 Å². The summed E-state index contributed by atoms with van der Waals surface area (Å²) in [7, 11) is 0. The van der Waals surface area contributed by atoms with Crippen molar-refractivity contribution in [3.8, 4) is 0 Å². The number of carbonyl (C=O) groups is 2. The van der Waals surface area contributed by atoms with Crippen LogP contribution in [-0.2, 0) is 4.79 Å². The fourth-order valence-electron chi connectivity index (χ4n) is 3.05. The van der Waals surface area contributed by atoms with E-state index in [1.54, 1.807) is 23.5 Å². The van der Waals surface area contributed by atoms with Gasteiger partial charge in [-0.15, -0.1) is 0 Å². The quantitative estimate of drug-likeness (QED) is 0.495. The molecule has 1 aliphatic rings. The summed E-state index contributed by atoms with van der Waals surface area (Å²) in [6.07, 6.45) is 1.86. The van der Waals surface area contributed by atoms with E-state index >= 15 is 0 Å². The van der Waals surface area contributed by atoms with Crippen molar-refractivity contribution in [2.24, 2.45) is 0 Å². The zero-order valence-electron chi connectivity index (χ0n) is 13.6. The summed E-state index contributed by atoms with van der Waals surface area (Å²) < 4.78 is 0. The lowest BCUT2D eigenvalue weighted by Crippen LogP contribution is -2.42. The fraction of sp³-hybridized carbons (Fsp3) is 0.0476. The molecule has 0 aliphatic carbocycles. The molecule has 2 amide bonds. The number of carbonyl (C=O) groups excluding carboxylic acids is 2. The molecule has 2 aromatic carbocycles. The molecule has 0 saturated carbocycles. The van der Waals surface area contributed by atoms with Gasteiger partial charge in [0.05, 0.1) is 5.69 Å². The third-order valence-corrected chi connectivity index (χ3v) is 5.00. The maximum atomic E-state index is 13.2. The maximum absolute atomic E-state index is 13.2. The molecular weight excluding hydrogens is 330 g/mol. The summed E-state index contributed by atoms with van der Waals surface area (Å²) in [5.74, 6) is -0.568. The van der Waals surface area contributed by atoms with Gasteiger partial charge in [-0.25, -0.2) is 4.90 Å². The average molecular weight is 345 g/mol. The minimum atomic E-state index is -0.288. The number of hydrogen-bond acceptors (Lipinski definition) is 3. The van der Waals surface area contributed by atoms with E-state index in [4.69, 9.17) is 0 Å². The van der Waals surface area contributed by atoms with Crippen molar-refractivity contribution < 1.29 is 9.59 Å². The molecular formula is C21H15NO2S. The number of hydrogen-bond donors (Lipinski definition) is 0. The monoisotopic (exact) mass is 345 g/mol. The summed E-state index contributed by atoms with van der Waals surface area (Å²) in [5.41, 5.74) is 4.25. The molecule has 2 heterocycles. The van der Waals surface area contributed by atoms with E-state index in [1.165, 1.54) is 4.90 Å². The van der Waals surface area contributed by atoms with Gasteiger partial charge in [-0.3, -0.25) is 9.59 Å². The number of benzene rings is 2. The molecule has 0 fully saturated rings. The summed E-state index contributed by atoms with van der Waals surface area (Å²) in [5, 5.41) is 3.95. The van der Waals surface area contributed by atoms with Gasteiger partial charge >= 0.3 is 0 Å². The lowest BCUT2D eigenvalue weighted by Gasteiger charge is -2.29. The predicted molar refractivity (Wildman–Crippen MR) is 102 cm³/mol. The molecule has 25 heavy (non-hydrogen) atoms. The molecule has 1 aromatic heterocycles. The molecule has 0 N–H and O–H groups in total. The number of anilines is 1. The van der Waals surface area contributed by atoms with Crippen LogP contribution in [0.15, 0.2) is 65.4 Å². The van der Waals surface area contributed by atoms with Gasteiger partial charge in [0.25, 0.3) is 11.8 Å². The highest BCUT2D eigenvalue weighted by molar-refractivity contribution is 7.08. The number of amides is 2. The fourth-order valence-corrected chi connectivity index (χ4v) is 3.67. The molecule has 0 spiro atoms. The van der Waals surface area contributed by atoms with Crippen LogP contribution in [0.5, 0.6) is 0 Å². The van der Waals surface area contributed by atoms with Crippen molar-refractivity contribution in [3.05, 3.63) is 87.6 Å². The standard InChI is InChI=1S/C21H15NO2S/c1-14-6-2-5-9-19(14)22-20(23)17-8-4-3-7-16(17)18(21(22)24)12-15-10-11-25-13-15/h2-13H,1H3. The number of fused-ring (bicyclic) bond motifs is 1. The van der Waals surface area contributed by atoms with Crippen molar-refractivity contribution in [2.45, 2.75) is 6.92 Å². The maximum Gasteiger partial charge on any atom is 0.265 e. The Kier molecular flexibility index (Phi) is 3.82. The average Bonchev–Trinajstić information content (AvgIpc) is 3.13. The van der Waals surface area contributed by atoms with Crippen LogP contribution in [0.3, 0.4) is 0 Å². The second-order valence-corrected chi connectivity index (χ2v) is 6.67. The molecule has 0 saturated heterocycles. The third-order valence-electron chi connectivity index (χ3n) is 4.29. The number of aryl methyl sites for hydroxylation is 1. The molecule has 3 aromatic rings. The zero-order chi connectivity index (χ0) is 17.4. The Morgan fingerprint density at radius 1 is 0.880 bits per heavy atom. The van der Waals surface area contributed by atoms with Crippen LogP contribution in [0.4, 0.5) is 5.69 Å². The lowest BCUT2D eigenvalue weighted by molar-refractivity contribution is -0.112. The SMILES string of the molecule is Cc1ccccc1N1C(=O)C(=Cc2ccsc2)c2ccccc2C1=O. The molecule has 3 nitrogen and oxygen atoms in total. The third kappa shape index (κ3) is 2.61. The Morgan fingerprint density at radius 2 is 1.60 bits per heavy atom. The Morgan fingerprint density at radius 3 is 2.32 bits per heavy atom. The van der Waals surface area contributed by atoms with Crippen LogP contribution in [-0.4, -0.2) is 11.8 Å². The van der Waals surface area contributed by atoms with Gasteiger partial charge in [0.1, 0.15) is 0 Å². The van der Waals surface area contributed by atoms with Crippen LogP contribution in [0.2, 0.25) is 0 Å². The van der Waals surface area contributed by atoms with E-state index in [2.05, 4.69) is 0 Å². The van der Waals surface area contributed by atoms with Crippen molar-refractivity contribution in [1.29, 1.82) is 0 Å². The van der Waals surface area contributed by atoms with Crippen LogP contribution in [0, 0.1) is 6.92 Å².